The van der Waals surface area contributed by atoms with Crippen LogP contribution in [0.5, 0.6) is 0 Å². The van der Waals surface area contributed by atoms with Crippen LogP contribution in [0, 0.1) is 6.92 Å². The van der Waals surface area contributed by atoms with Crippen LogP contribution in [0.25, 0.3) is 82.8 Å². The van der Waals surface area contributed by atoms with Crippen LogP contribution in [0.4, 0.5) is 17.1 Å². The first-order valence-corrected chi connectivity index (χ1v) is 21.2. The molecule has 0 fully saturated rings. The van der Waals surface area contributed by atoms with Gasteiger partial charge in [-0.1, -0.05) is 141 Å². The molecule has 1 aliphatic carbocycles. The molecule has 0 aliphatic heterocycles. The van der Waals surface area contributed by atoms with E-state index >= 15 is 0 Å². The number of rotatable bonds is 6. The Bertz CT molecular complexity index is 3500. The van der Waals surface area contributed by atoms with Crippen molar-refractivity contribution in [2.24, 2.45) is 0 Å². The second kappa shape index (κ2) is 13.5. The van der Waals surface area contributed by atoms with Crippen LogP contribution in [-0.2, 0) is 5.41 Å². The molecule has 0 amide bonds. The Morgan fingerprint density at radius 2 is 1.02 bits per heavy atom. The largest absolute Gasteiger partial charge is 0.455 e. The molecule has 11 aromatic rings. The second-order valence-electron chi connectivity index (χ2n) is 17.0. The van der Waals surface area contributed by atoms with Crippen molar-refractivity contribution in [2.45, 2.75) is 26.2 Å². The fourth-order valence-corrected chi connectivity index (χ4v) is 9.96. The van der Waals surface area contributed by atoms with E-state index in [9.17, 15) is 0 Å². The van der Waals surface area contributed by atoms with Gasteiger partial charge in [-0.2, -0.15) is 0 Å². The van der Waals surface area contributed by atoms with Gasteiger partial charge in [0.15, 0.2) is 0 Å². The molecule has 290 valence electrons. The van der Waals surface area contributed by atoms with Crippen molar-refractivity contribution in [3.8, 4) is 39.1 Å². The summed E-state index contributed by atoms with van der Waals surface area (Å²) in [6.45, 7) is 6.91. The lowest BCUT2D eigenvalue weighted by molar-refractivity contribution is 0.660. The number of benzene rings is 9. The maximum atomic E-state index is 6.42. The molecule has 0 saturated heterocycles. The lowest BCUT2D eigenvalue weighted by Crippen LogP contribution is -2.16. The van der Waals surface area contributed by atoms with Gasteiger partial charge in [-0.25, -0.2) is 0 Å². The molecular formula is C58H42N2O. The topological polar surface area (TPSA) is 21.3 Å². The van der Waals surface area contributed by atoms with Crippen LogP contribution >= 0.6 is 0 Å². The van der Waals surface area contributed by atoms with Crippen LogP contribution < -0.4 is 4.90 Å². The second-order valence-corrected chi connectivity index (χ2v) is 17.0. The minimum absolute atomic E-state index is 0.210. The summed E-state index contributed by atoms with van der Waals surface area (Å²) in [5, 5.41) is 4.81. The van der Waals surface area contributed by atoms with Gasteiger partial charge in [-0.3, -0.25) is 0 Å². The molecule has 9 aromatic carbocycles. The summed E-state index contributed by atoms with van der Waals surface area (Å²) in [5.41, 5.74) is 19.8. The van der Waals surface area contributed by atoms with E-state index in [1.807, 2.05) is 12.1 Å². The fourth-order valence-electron chi connectivity index (χ4n) is 9.96. The van der Waals surface area contributed by atoms with Crippen molar-refractivity contribution in [1.82, 2.24) is 4.57 Å². The monoisotopic (exact) mass is 782 g/mol. The zero-order chi connectivity index (χ0) is 40.8. The molecular weight excluding hydrogens is 741 g/mol. The van der Waals surface area contributed by atoms with Crippen molar-refractivity contribution in [3.63, 3.8) is 0 Å². The van der Waals surface area contributed by atoms with Gasteiger partial charge in [0.25, 0.3) is 0 Å². The van der Waals surface area contributed by atoms with E-state index in [2.05, 4.69) is 218 Å². The van der Waals surface area contributed by atoms with E-state index in [-0.39, 0.29) is 5.41 Å². The average molecular weight is 783 g/mol. The number of aromatic nitrogens is 1. The maximum Gasteiger partial charge on any atom is 0.143 e. The Kier molecular flexibility index (Phi) is 7.79. The maximum absolute atomic E-state index is 6.42. The lowest BCUT2D eigenvalue weighted by Gasteiger charge is -2.28. The standard InChI is InChI=1S/C58H42N2O/c1-37-20-26-42(27-21-37)59(43-28-22-38(23-29-43)45-16-11-17-50-49-15-8-10-19-56(49)61-57(45)50)44-30-32-47-46-31-24-40(35-52(46)58(2,3)53(47)36-44)39-25-33-55-51(34-39)48-14-7-9-18-54(48)60(55)41-12-5-4-6-13-41/h4-36H,1-3H3. The smallest absolute Gasteiger partial charge is 0.143 e. The van der Waals surface area contributed by atoms with Crippen molar-refractivity contribution in [1.29, 1.82) is 0 Å². The van der Waals surface area contributed by atoms with Gasteiger partial charge in [0.2, 0.25) is 0 Å². The summed E-state index contributed by atoms with van der Waals surface area (Å²) in [7, 11) is 0. The Hall–Kier alpha value is -7.62. The van der Waals surface area contributed by atoms with Crippen molar-refractivity contribution >= 4 is 60.8 Å². The summed E-state index contributed by atoms with van der Waals surface area (Å²) in [4.78, 5) is 2.39. The lowest BCUT2D eigenvalue weighted by atomic mass is 9.81. The van der Waals surface area contributed by atoms with Crippen LogP contribution in [0.3, 0.4) is 0 Å². The van der Waals surface area contributed by atoms with Crippen molar-refractivity contribution in [3.05, 3.63) is 217 Å². The van der Waals surface area contributed by atoms with Crippen LogP contribution in [0.2, 0.25) is 0 Å². The van der Waals surface area contributed by atoms with E-state index < -0.39 is 0 Å². The third kappa shape index (κ3) is 5.51. The number of nitrogens with zero attached hydrogens (tertiary/aromatic N) is 2. The first-order valence-electron chi connectivity index (χ1n) is 21.2. The fraction of sp³-hybridized carbons (Fsp3) is 0.0690. The number of fused-ring (bicyclic) bond motifs is 9. The van der Waals surface area contributed by atoms with Gasteiger partial charge in [0.05, 0.1) is 11.0 Å². The molecule has 12 rings (SSSR count). The molecule has 3 heteroatoms. The highest BCUT2D eigenvalue weighted by Gasteiger charge is 2.36. The summed E-state index contributed by atoms with van der Waals surface area (Å²) >= 11 is 0. The molecule has 61 heavy (non-hydrogen) atoms. The molecule has 2 aromatic heterocycles. The highest BCUT2D eigenvalue weighted by molar-refractivity contribution is 6.11. The van der Waals surface area contributed by atoms with Crippen LogP contribution in [0.1, 0.15) is 30.5 Å². The van der Waals surface area contributed by atoms with Crippen molar-refractivity contribution in [2.75, 3.05) is 4.90 Å². The first kappa shape index (κ1) is 35.3. The van der Waals surface area contributed by atoms with Gasteiger partial charge in [-0.15, -0.1) is 0 Å². The minimum atomic E-state index is -0.210. The van der Waals surface area contributed by atoms with E-state index in [0.717, 1.165) is 50.1 Å². The summed E-state index contributed by atoms with van der Waals surface area (Å²) in [6, 6.07) is 73.0. The normalized spacial score (nSPS) is 13.0. The Labute approximate surface area is 355 Å². The number of aryl methyl sites for hydroxylation is 1. The highest BCUT2D eigenvalue weighted by atomic mass is 16.3. The molecule has 2 heterocycles. The Morgan fingerprint density at radius 1 is 0.426 bits per heavy atom. The molecule has 0 unspecified atom stereocenters. The quantitative estimate of drug-likeness (QED) is 0.168. The van der Waals surface area contributed by atoms with Crippen LogP contribution in [-0.4, -0.2) is 4.57 Å². The SMILES string of the molecule is Cc1ccc(N(c2ccc(-c3cccc4c3oc3ccccc34)cc2)c2ccc3c(c2)C(C)(C)c2cc(-c4ccc5c(c4)c4ccccc4n5-c4ccccc4)ccc2-3)cc1. The third-order valence-corrected chi connectivity index (χ3v) is 13.1. The van der Waals surface area contributed by atoms with Crippen molar-refractivity contribution < 1.29 is 4.42 Å². The molecule has 0 N–H and O–H groups in total. The van der Waals surface area contributed by atoms with Gasteiger partial charge in [0.1, 0.15) is 11.2 Å². The first-order chi connectivity index (χ1) is 29.9. The number of furan rings is 1. The van der Waals surface area contributed by atoms with Gasteiger partial charge < -0.3 is 13.9 Å². The molecule has 0 bridgehead atoms. The number of anilines is 3. The zero-order valence-electron chi connectivity index (χ0n) is 34.4. The van der Waals surface area contributed by atoms with E-state index in [1.54, 1.807) is 0 Å². The predicted molar refractivity (Wildman–Crippen MR) is 256 cm³/mol. The van der Waals surface area contributed by atoms with Gasteiger partial charge in [0, 0.05) is 55.3 Å². The molecule has 3 nitrogen and oxygen atoms in total. The Balaban J connectivity index is 0.923. The van der Waals surface area contributed by atoms with E-state index in [4.69, 9.17) is 4.42 Å². The summed E-state index contributed by atoms with van der Waals surface area (Å²) < 4.78 is 8.80. The zero-order valence-corrected chi connectivity index (χ0v) is 34.4. The van der Waals surface area contributed by atoms with Gasteiger partial charge >= 0.3 is 0 Å². The molecule has 0 spiro atoms. The number of para-hydroxylation sites is 4. The molecule has 0 saturated carbocycles. The Morgan fingerprint density at radius 3 is 1.82 bits per heavy atom. The molecule has 0 atom stereocenters. The number of hydrogen-bond donors (Lipinski definition) is 0. The molecule has 1 aliphatic rings. The predicted octanol–water partition coefficient (Wildman–Crippen LogP) is 16.1. The number of hydrogen-bond acceptors (Lipinski definition) is 2. The van der Waals surface area contributed by atoms with Gasteiger partial charge in [-0.05, 0) is 125 Å². The highest BCUT2D eigenvalue weighted by Crippen LogP contribution is 2.52. The summed E-state index contributed by atoms with van der Waals surface area (Å²) in [6.07, 6.45) is 0. The third-order valence-electron chi connectivity index (χ3n) is 13.1. The average Bonchev–Trinajstić information content (AvgIpc) is 3.92. The van der Waals surface area contributed by atoms with E-state index in [1.165, 1.54) is 66.4 Å². The molecule has 0 radical (unpaired) electrons. The minimum Gasteiger partial charge on any atom is -0.455 e. The van der Waals surface area contributed by atoms with Crippen LogP contribution in [0.15, 0.2) is 205 Å². The summed E-state index contributed by atoms with van der Waals surface area (Å²) in [5.74, 6) is 0. The van der Waals surface area contributed by atoms with E-state index in [0.29, 0.717) is 0 Å².